The van der Waals surface area contributed by atoms with Gasteiger partial charge in [-0.15, -0.1) is 0 Å². The molecule has 10 heteroatoms. The van der Waals surface area contributed by atoms with E-state index in [1.807, 2.05) is 0 Å². The lowest BCUT2D eigenvalue weighted by atomic mass is 10.1. The first-order valence-corrected chi connectivity index (χ1v) is 9.60. The highest BCUT2D eigenvalue weighted by atomic mass is 79.9. The second kappa shape index (κ2) is 9.63. The van der Waals surface area contributed by atoms with E-state index in [2.05, 4.69) is 31.8 Å². The third-order valence-corrected chi connectivity index (χ3v) is 4.60. The highest BCUT2D eigenvalue weighted by Gasteiger charge is 2.10. The summed E-state index contributed by atoms with van der Waals surface area (Å²) in [7, 11) is 0. The molecule has 0 unspecified atom stereocenters. The van der Waals surface area contributed by atoms with E-state index >= 15 is 0 Å². The van der Waals surface area contributed by atoms with Gasteiger partial charge in [0.2, 0.25) is 0 Å². The second-order valence-electron chi connectivity index (χ2n) is 6.24. The molecule has 3 N–H and O–H groups in total. The predicted octanol–water partition coefficient (Wildman–Crippen LogP) is 4.08. The quantitative estimate of drug-likeness (QED) is 0.276. The molecule has 31 heavy (non-hydrogen) atoms. The molecule has 156 valence electrons. The smallest absolute Gasteiger partial charge is 0.271 e. The van der Waals surface area contributed by atoms with Crippen LogP contribution in [0.15, 0.2) is 76.3 Å². The van der Waals surface area contributed by atoms with Crippen LogP contribution < -0.4 is 10.7 Å². The van der Waals surface area contributed by atoms with Crippen LogP contribution in [0, 0.1) is 10.1 Å². The maximum absolute atomic E-state index is 12.2. The summed E-state index contributed by atoms with van der Waals surface area (Å²) in [5, 5.41) is 26.9. The molecular formula is C21H15BrN4O5. The Balaban J connectivity index is 1.59. The van der Waals surface area contributed by atoms with E-state index in [1.54, 1.807) is 24.3 Å². The number of benzene rings is 3. The van der Waals surface area contributed by atoms with E-state index in [4.69, 9.17) is 0 Å². The highest BCUT2D eigenvalue weighted by molar-refractivity contribution is 9.10. The number of hydrogen-bond acceptors (Lipinski definition) is 6. The lowest BCUT2D eigenvalue weighted by molar-refractivity contribution is -0.384. The number of nitro benzene ring substituents is 1. The second-order valence-corrected chi connectivity index (χ2v) is 7.15. The number of carbonyl (C=O) groups excluding carboxylic acids is 2. The lowest BCUT2D eigenvalue weighted by Crippen LogP contribution is -2.18. The number of phenols is 1. The molecule has 0 aromatic heterocycles. The molecule has 9 nitrogen and oxygen atoms in total. The third kappa shape index (κ3) is 5.73. The first-order valence-electron chi connectivity index (χ1n) is 8.81. The van der Waals surface area contributed by atoms with Crippen molar-refractivity contribution in [2.24, 2.45) is 5.10 Å². The zero-order valence-corrected chi connectivity index (χ0v) is 17.4. The topological polar surface area (TPSA) is 134 Å². The van der Waals surface area contributed by atoms with E-state index in [-0.39, 0.29) is 17.0 Å². The Morgan fingerprint density at radius 1 is 0.968 bits per heavy atom. The van der Waals surface area contributed by atoms with Gasteiger partial charge in [0.1, 0.15) is 5.75 Å². The van der Waals surface area contributed by atoms with Gasteiger partial charge in [-0.1, -0.05) is 15.9 Å². The Morgan fingerprint density at radius 3 is 2.23 bits per heavy atom. The minimum Gasteiger partial charge on any atom is -0.507 e. The number of nitrogens with zero attached hydrogens (tertiary/aromatic N) is 2. The summed E-state index contributed by atoms with van der Waals surface area (Å²) in [6, 6.07) is 16.1. The summed E-state index contributed by atoms with van der Waals surface area (Å²) in [4.78, 5) is 34.6. The molecule has 0 aliphatic carbocycles. The fourth-order valence-electron chi connectivity index (χ4n) is 2.50. The van der Waals surface area contributed by atoms with E-state index in [1.165, 1.54) is 48.7 Å². The van der Waals surface area contributed by atoms with Crippen LogP contribution in [0.3, 0.4) is 0 Å². The van der Waals surface area contributed by atoms with Gasteiger partial charge in [0.05, 0.1) is 11.1 Å². The van der Waals surface area contributed by atoms with Crippen LogP contribution in [0.25, 0.3) is 0 Å². The van der Waals surface area contributed by atoms with Crippen molar-refractivity contribution in [1.82, 2.24) is 5.43 Å². The first-order chi connectivity index (χ1) is 14.8. The van der Waals surface area contributed by atoms with E-state index in [0.717, 1.165) is 4.47 Å². The van der Waals surface area contributed by atoms with Crippen molar-refractivity contribution in [3.8, 4) is 5.75 Å². The first kappa shape index (κ1) is 21.7. The number of non-ortho nitro benzene ring substituents is 1. The van der Waals surface area contributed by atoms with Gasteiger partial charge in [-0.05, 0) is 54.6 Å². The molecule has 0 aliphatic heterocycles. The molecule has 2 amide bonds. The SMILES string of the molecule is O=C(N/N=C\c1cc(Br)ccc1O)c1ccc(NC(=O)c2ccc([N+](=O)[O-])cc2)cc1. The largest absolute Gasteiger partial charge is 0.507 e. The van der Waals surface area contributed by atoms with Gasteiger partial charge in [0.15, 0.2) is 0 Å². The molecule has 3 rings (SSSR count). The molecule has 0 spiro atoms. The fraction of sp³-hybridized carbons (Fsp3) is 0. The zero-order valence-electron chi connectivity index (χ0n) is 15.8. The van der Waals surface area contributed by atoms with Gasteiger partial charge >= 0.3 is 0 Å². The predicted molar refractivity (Wildman–Crippen MR) is 118 cm³/mol. The van der Waals surface area contributed by atoms with Crippen LogP contribution in [0.2, 0.25) is 0 Å². The molecule has 0 saturated carbocycles. The van der Waals surface area contributed by atoms with Crippen molar-refractivity contribution in [2.75, 3.05) is 5.32 Å². The van der Waals surface area contributed by atoms with Crippen LogP contribution in [0.5, 0.6) is 5.75 Å². The number of hydrogen-bond donors (Lipinski definition) is 3. The molecule has 0 fully saturated rings. The number of anilines is 1. The number of phenolic OH excluding ortho intramolecular Hbond substituents is 1. The Bertz CT molecular complexity index is 1160. The van der Waals surface area contributed by atoms with Crippen LogP contribution >= 0.6 is 15.9 Å². The zero-order chi connectivity index (χ0) is 22.4. The Labute approximate surface area is 184 Å². The molecule has 3 aromatic carbocycles. The van der Waals surface area contributed by atoms with Gasteiger partial charge in [0.25, 0.3) is 17.5 Å². The number of nitro groups is 1. The molecule has 0 bridgehead atoms. The molecular weight excluding hydrogens is 468 g/mol. The van der Waals surface area contributed by atoms with Gasteiger partial charge < -0.3 is 10.4 Å². The van der Waals surface area contributed by atoms with E-state index in [9.17, 15) is 24.8 Å². The maximum atomic E-state index is 12.2. The van der Waals surface area contributed by atoms with Crippen molar-refractivity contribution in [1.29, 1.82) is 0 Å². The molecule has 0 radical (unpaired) electrons. The van der Waals surface area contributed by atoms with Gasteiger partial charge in [-0.25, -0.2) is 5.43 Å². The summed E-state index contributed by atoms with van der Waals surface area (Å²) in [6.07, 6.45) is 1.32. The average Bonchev–Trinajstić information content (AvgIpc) is 2.76. The van der Waals surface area contributed by atoms with Crippen LogP contribution in [0.1, 0.15) is 26.3 Å². The van der Waals surface area contributed by atoms with Crippen molar-refractivity contribution in [3.63, 3.8) is 0 Å². The summed E-state index contributed by atoms with van der Waals surface area (Å²) in [6.45, 7) is 0. The molecule has 0 heterocycles. The summed E-state index contributed by atoms with van der Waals surface area (Å²) in [5.74, 6) is -0.890. The van der Waals surface area contributed by atoms with Gasteiger partial charge in [-0.3, -0.25) is 19.7 Å². The summed E-state index contributed by atoms with van der Waals surface area (Å²) in [5.41, 5.74) is 3.70. The fourth-order valence-corrected chi connectivity index (χ4v) is 2.88. The Kier molecular flexibility index (Phi) is 6.73. The molecule has 3 aromatic rings. The van der Waals surface area contributed by atoms with Crippen molar-refractivity contribution in [3.05, 3.63) is 98.0 Å². The number of amides is 2. The maximum Gasteiger partial charge on any atom is 0.271 e. The number of hydrazone groups is 1. The highest BCUT2D eigenvalue weighted by Crippen LogP contribution is 2.20. The molecule has 0 atom stereocenters. The van der Waals surface area contributed by atoms with Crippen LogP contribution in [-0.2, 0) is 0 Å². The Hall–Kier alpha value is -4.05. The lowest BCUT2D eigenvalue weighted by Gasteiger charge is -2.06. The number of nitrogens with one attached hydrogen (secondary N) is 2. The van der Waals surface area contributed by atoms with Crippen LogP contribution in [0.4, 0.5) is 11.4 Å². The van der Waals surface area contributed by atoms with Gasteiger partial charge in [-0.2, -0.15) is 5.10 Å². The van der Waals surface area contributed by atoms with E-state index in [0.29, 0.717) is 16.8 Å². The minimum absolute atomic E-state index is 0.0225. The Morgan fingerprint density at radius 2 is 1.58 bits per heavy atom. The number of halogens is 1. The molecule has 0 aliphatic rings. The summed E-state index contributed by atoms with van der Waals surface area (Å²) >= 11 is 3.28. The van der Waals surface area contributed by atoms with E-state index < -0.39 is 16.7 Å². The number of carbonyl (C=O) groups is 2. The van der Waals surface area contributed by atoms with Gasteiger partial charge in [0, 0.05) is 39.0 Å². The van der Waals surface area contributed by atoms with Crippen molar-refractivity contribution < 1.29 is 19.6 Å². The molecule has 0 saturated heterocycles. The summed E-state index contributed by atoms with van der Waals surface area (Å²) < 4.78 is 0.754. The van der Waals surface area contributed by atoms with Crippen molar-refractivity contribution in [2.45, 2.75) is 0 Å². The minimum atomic E-state index is -0.545. The average molecular weight is 483 g/mol. The monoisotopic (exact) mass is 482 g/mol. The normalized spacial score (nSPS) is 10.6. The van der Waals surface area contributed by atoms with Crippen molar-refractivity contribution >= 4 is 45.3 Å². The number of rotatable bonds is 6. The third-order valence-electron chi connectivity index (χ3n) is 4.10. The standard InChI is InChI=1S/C21H15BrN4O5/c22-16-5-10-19(27)15(11-16)12-23-25-21(29)14-1-6-17(7-2-14)24-20(28)13-3-8-18(9-4-13)26(30)31/h1-12,27H,(H,24,28)(H,25,29)/b23-12-. The number of aromatic hydroxyl groups is 1. The van der Waals surface area contributed by atoms with Crippen LogP contribution in [-0.4, -0.2) is 28.1 Å².